The zero-order valence-corrected chi connectivity index (χ0v) is 18.5. The maximum Gasteiger partial charge on any atom is 0.257 e. The Morgan fingerprint density at radius 3 is 2.19 bits per heavy atom. The van der Waals surface area contributed by atoms with Gasteiger partial charge in [-0.3, -0.25) is 14.6 Å². The van der Waals surface area contributed by atoms with Crippen LogP contribution in [0.3, 0.4) is 0 Å². The molecule has 1 aliphatic heterocycles. The van der Waals surface area contributed by atoms with Crippen LogP contribution < -0.4 is 5.32 Å². The Balaban J connectivity index is 1.69. The molecule has 0 radical (unpaired) electrons. The lowest BCUT2D eigenvalue weighted by Crippen LogP contribution is -2.57. The number of rotatable bonds is 6. The molecule has 0 unspecified atom stereocenters. The predicted octanol–water partition coefficient (Wildman–Crippen LogP) is 1.65. The Hall–Kier alpha value is -2.92. The minimum Gasteiger partial charge on any atom is -0.340 e. The van der Waals surface area contributed by atoms with Crippen molar-refractivity contribution in [1.29, 1.82) is 0 Å². The monoisotopic (exact) mass is 466 g/mol. The quantitative estimate of drug-likeness (QED) is 0.698. The fourth-order valence-electron chi connectivity index (χ4n) is 3.44. The molecule has 1 atom stereocenters. The first-order chi connectivity index (χ1) is 15.1. The molecule has 2 aromatic rings. The predicted molar refractivity (Wildman–Crippen MR) is 112 cm³/mol. The van der Waals surface area contributed by atoms with Crippen molar-refractivity contribution >= 4 is 21.8 Å². The maximum atomic E-state index is 13.9. The van der Waals surface area contributed by atoms with Crippen molar-refractivity contribution in [3.05, 3.63) is 59.9 Å². The Morgan fingerprint density at radius 1 is 1.03 bits per heavy atom. The molecule has 0 bridgehead atoms. The van der Waals surface area contributed by atoms with Crippen molar-refractivity contribution in [2.75, 3.05) is 26.2 Å². The van der Waals surface area contributed by atoms with E-state index in [1.54, 1.807) is 13.8 Å². The summed E-state index contributed by atoms with van der Waals surface area (Å²) in [6, 6.07) is 5.03. The molecular weight excluding hydrogens is 442 g/mol. The SMILES string of the molecule is CC(C)[C@H](NC(=O)c1c(F)cccc1F)C(=O)N1CCN(S(=O)(=O)c2cccnc2)CC1. The molecule has 1 aromatic carbocycles. The molecule has 3 rings (SSSR count). The number of hydrogen-bond donors (Lipinski definition) is 1. The second-order valence-electron chi connectivity index (χ2n) is 7.71. The molecule has 8 nitrogen and oxygen atoms in total. The molecule has 0 spiro atoms. The van der Waals surface area contributed by atoms with E-state index in [-0.39, 0.29) is 37.0 Å². The van der Waals surface area contributed by atoms with Crippen LogP contribution in [0.4, 0.5) is 8.78 Å². The van der Waals surface area contributed by atoms with Gasteiger partial charge in [0.25, 0.3) is 5.91 Å². The summed E-state index contributed by atoms with van der Waals surface area (Å²) >= 11 is 0. The van der Waals surface area contributed by atoms with Gasteiger partial charge in [-0.2, -0.15) is 4.31 Å². The van der Waals surface area contributed by atoms with E-state index in [4.69, 9.17) is 0 Å². The summed E-state index contributed by atoms with van der Waals surface area (Å²) in [7, 11) is -3.73. The van der Waals surface area contributed by atoms with Crippen molar-refractivity contribution < 1.29 is 26.8 Å². The van der Waals surface area contributed by atoms with Crippen molar-refractivity contribution in [2.24, 2.45) is 5.92 Å². The van der Waals surface area contributed by atoms with E-state index in [1.807, 2.05) is 0 Å². The van der Waals surface area contributed by atoms with E-state index in [2.05, 4.69) is 10.3 Å². The van der Waals surface area contributed by atoms with E-state index in [9.17, 15) is 26.8 Å². The number of carbonyl (C=O) groups is 2. The molecule has 1 N–H and O–H groups in total. The summed E-state index contributed by atoms with van der Waals surface area (Å²) < 4.78 is 54.6. The summed E-state index contributed by atoms with van der Waals surface area (Å²) in [4.78, 5) is 30.9. The number of pyridine rings is 1. The molecular formula is C21H24F2N4O4S. The van der Waals surface area contributed by atoms with Gasteiger partial charge in [0.1, 0.15) is 28.1 Å². The van der Waals surface area contributed by atoms with Crippen LogP contribution in [-0.4, -0.2) is 66.6 Å². The van der Waals surface area contributed by atoms with Crippen LogP contribution in [0.5, 0.6) is 0 Å². The number of aromatic nitrogens is 1. The number of piperazine rings is 1. The van der Waals surface area contributed by atoms with E-state index in [1.165, 1.54) is 33.7 Å². The lowest BCUT2D eigenvalue weighted by molar-refractivity contribution is -0.135. The molecule has 1 saturated heterocycles. The fraction of sp³-hybridized carbons (Fsp3) is 0.381. The van der Waals surface area contributed by atoms with Crippen LogP contribution in [0, 0.1) is 17.6 Å². The Bertz CT molecular complexity index is 1070. The third-order valence-electron chi connectivity index (χ3n) is 5.23. The molecule has 0 saturated carbocycles. The first-order valence-corrected chi connectivity index (χ1v) is 11.5. The highest BCUT2D eigenvalue weighted by Gasteiger charge is 2.35. The number of nitrogens with one attached hydrogen (secondary N) is 1. The van der Waals surface area contributed by atoms with Gasteiger partial charge in [0.05, 0.1) is 0 Å². The lowest BCUT2D eigenvalue weighted by Gasteiger charge is -2.36. The number of amides is 2. The molecule has 2 heterocycles. The summed E-state index contributed by atoms with van der Waals surface area (Å²) in [5.74, 6) is -3.87. The summed E-state index contributed by atoms with van der Waals surface area (Å²) in [5.41, 5.74) is -0.752. The Morgan fingerprint density at radius 2 is 1.66 bits per heavy atom. The third-order valence-corrected chi connectivity index (χ3v) is 7.11. The van der Waals surface area contributed by atoms with Gasteiger partial charge in [-0.1, -0.05) is 19.9 Å². The van der Waals surface area contributed by atoms with Gasteiger partial charge in [-0.15, -0.1) is 0 Å². The number of sulfonamides is 1. The first kappa shape index (κ1) is 23.7. The average molecular weight is 467 g/mol. The zero-order chi connectivity index (χ0) is 23.5. The van der Waals surface area contributed by atoms with Gasteiger partial charge in [0, 0.05) is 38.6 Å². The maximum absolute atomic E-state index is 13.9. The van der Waals surface area contributed by atoms with Crippen LogP contribution in [0.2, 0.25) is 0 Å². The molecule has 1 aromatic heterocycles. The van der Waals surface area contributed by atoms with Gasteiger partial charge in [-0.05, 0) is 30.2 Å². The Labute approximate surface area is 185 Å². The molecule has 2 amide bonds. The van der Waals surface area contributed by atoms with Crippen molar-refractivity contribution in [1.82, 2.24) is 19.5 Å². The van der Waals surface area contributed by atoms with E-state index in [0.29, 0.717) is 0 Å². The topological polar surface area (TPSA) is 99.7 Å². The molecule has 32 heavy (non-hydrogen) atoms. The molecule has 0 aliphatic carbocycles. The first-order valence-electron chi connectivity index (χ1n) is 10.1. The van der Waals surface area contributed by atoms with Gasteiger partial charge in [-0.25, -0.2) is 17.2 Å². The van der Waals surface area contributed by atoms with Crippen LogP contribution >= 0.6 is 0 Å². The van der Waals surface area contributed by atoms with Crippen LogP contribution in [0.1, 0.15) is 24.2 Å². The van der Waals surface area contributed by atoms with E-state index < -0.39 is 45.1 Å². The normalized spacial score (nSPS) is 16.1. The lowest BCUT2D eigenvalue weighted by atomic mass is 10.0. The summed E-state index contributed by atoms with van der Waals surface area (Å²) in [6.07, 6.45) is 2.74. The standard InChI is InChI=1S/C21H24F2N4O4S/c1-14(2)19(25-20(28)18-16(22)6-3-7-17(18)23)21(29)26-9-11-27(12-10-26)32(30,31)15-5-4-8-24-13-15/h3-8,13-14,19H,9-12H2,1-2H3,(H,25,28)/t19-/m0/s1. The number of carbonyl (C=O) groups excluding carboxylic acids is 2. The second kappa shape index (κ2) is 9.70. The highest BCUT2D eigenvalue weighted by molar-refractivity contribution is 7.89. The highest BCUT2D eigenvalue weighted by Crippen LogP contribution is 2.18. The van der Waals surface area contributed by atoms with Crippen LogP contribution in [-0.2, 0) is 14.8 Å². The fourth-order valence-corrected chi connectivity index (χ4v) is 4.82. The van der Waals surface area contributed by atoms with Crippen molar-refractivity contribution in [2.45, 2.75) is 24.8 Å². The van der Waals surface area contributed by atoms with Crippen LogP contribution in [0.25, 0.3) is 0 Å². The zero-order valence-electron chi connectivity index (χ0n) is 17.7. The molecule has 172 valence electrons. The number of hydrogen-bond acceptors (Lipinski definition) is 5. The van der Waals surface area contributed by atoms with Gasteiger partial charge in [0.15, 0.2) is 0 Å². The molecule has 1 aliphatic rings. The smallest absolute Gasteiger partial charge is 0.257 e. The van der Waals surface area contributed by atoms with E-state index in [0.717, 1.165) is 18.2 Å². The number of nitrogens with zero attached hydrogens (tertiary/aromatic N) is 3. The average Bonchev–Trinajstić information content (AvgIpc) is 2.77. The minimum atomic E-state index is -3.73. The third kappa shape index (κ3) is 4.94. The van der Waals surface area contributed by atoms with E-state index >= 15 is 0 Å². The number of benzene rings is 1. The molecule has 11 heteroatoms. The van der Waals surface area contributed by atoms with Gasteiger partial charge in [0.2, 0.25) is 15.9 Å². The number of halogens is 2. The highest BCUT2D eigenvalue weighted by atomic mass is 32.2. The van der Waals surface area contributed by atoms with Gasteiger partial charge < -0.3 is 10.2 Å². The summed E-state index contributed by atoms with van der Waals surface area (Å²) in [6.45, 7) is 3.78. The molecule has 1 fully saturated rings. The van der Waals surface area contributed by atoms with Crippen molar-refractivity contribution in [3.63, 3.8) is 0 Å². The minimum absolute atomic E-state index is 0.0685. The Kier molecular flexibility index (Phi) is 7.19. The van der Waals surface area contributed by atoms with Gasteiger partial charge >= 0.3 is 0 Å². The van der Waals surface area contributed by atoms with Crippen molar-refractivity contribution in [3.8, 4) is 0 Å². The van der Waals surface area contributed by atoms with Crippen LogP contribution in [0.15, 0.2) is 47.6 Å². The summed E-state index contributed by atoms with van der Waals surface area (Å²) in [5, 5.41) is 2.43. The second-order valence-corrected chi connectivity index (χ2v) is 9.65. The largest absolute Gasteiger partial charge is 0.340 e.